The van der Waals surface area contributed by atoms with E-state index in [1.807, 2.05) is 30.3 Å². The first kappa shape index (κ1) is 18.7. The molecule has 0 radical (unpaired) electrons. The first-order valence-electron chi connectivity index (χ1n) is 7.61. The van der Waals surface area contributed by atoms with Gasteiger partial charge in [-0.3, -0.25) is 0 Å². The largest absolute Gasteiger partial charge is 0.463 e. The quantitative estimate of drug-likeness (QED) is 0.322. The third-order valence-electron chi connectivity index (χ3n) is 3.17. The summed E-state index contributed by atoms with van der Waals surface area (Å²) in [5.74, 6) is -2.74. The van der Waals surface area contributed by atoms with E-state index in [-0.39, 0.29) is 17.4 Å². The van der Waals surface area contributed by atoms with E-state index in [0.717, 1.165) is 30.2 Å². The summed E-state index contributed by atoms with van der Waals surface area (Å²) >= 11 is 5.74. The maximum atomic E-state index is 13.5. The Labute approximate surface area is 149 Å². The van der Waals surface area contributed by atoms with Gasteiger partial charge in [0.05, 0.1) is 11.6 Å². The first-order valence-corrected chi connectivity index (χ1v) is 7.98. The third kappa shape index (κ3) is 6.39. The summed E-state index contributed by atoms with van der Waals surface area (Å²) in [7, 11) is 0. The van der Waals surface area contributed by atoms with Gasteiger partial charge in [0.25, 0.3) is 0 Å². The Hall–Kier alpha value is -2.66. The average molecular weight is 363 g/mol. The van der Waals surface area contributed by atoms with Crippen LogP contribution < -0.4 is 4.74 Å². The van der Waals surface area contributed by atoms with Crippen molar-refractivity contribution in [1.29, 1.82) is 0 Å². The van der Waals surface area contributed by atoms with Gasteiger partial charge in [0.2, 0.25) is 0 Å². The van der Waals surface area contributed by atoms with Crippen LogP contribution >= 0.6 is 11.6 Å². The predicted octanol–water partition coefficient (Wildman–Crippen LogP) is 4.12. The number of hydrogen-bond donors (Lipinski definition) is 0. The minimum Gasteiger partial charge on any atom is -0.463 e. The second-order valence-corrected chi connectivity index (χ2v) is 5.47. The molecule has 0 N–H and O–H groups in total. The van der Waals surface area contributed by atoms with Crippen LogP contribution in [0.1, 0.15) is 12.0 Å². The molecule has 0 aliphatic heterocycles. The van der Waals surface area contributed by atoms with E-state index < -0.39 is 17.8 Å². The highest BCUT2D eigenvalue weighted by molar-refractivity contribution is 6.32. The Morgan fingerprint density at radius 2 is 1.72 bits per heavy atom. The van der Waals surface area contributed by atoms with Gasteiger partial charge in [0.15, 0.2) is 11.6 Å². The molecule has 25 heavy (non-hydrogen) atoms. The number of ether oxygens (including phenoxy) is 2. The molecule has 2 aromatic carbocycles. The Bertz CT molecular complexity index is 739. The molecule has 2 rings (SSSR count). The molecule has 0 amide bonds. The van der Waals surface area contributed by atoms with Crippen molar-refractivity contribution in [1.82, 2.24) is 0 Å². The van der Waals surface area contributed by atoms with E-state index in [4.69, 9.17) is 21.1 Å². The van der Waals surface area contributed by atoms with Crippen molar-refractivity contribution in [3.63, 3.8) is 0 Å². The zero-order valence-corrected chi connectivity index (χ0v) is 14.0. The summed E-state index contributed by atoms with van der Waals surface area (Å²) in [6.07, 6.45) is 3.24. The predicted molar refractivity (Wildman–Crippen MR) is 91.9 cm³/mol. The topological polar surface area (TPSA) is 52.6 Å². The molecule has 2 aromatic rings. The highest BCUT2D eigenvalue weighted by Gasteiger charge is 2.11. The zero-order chi connectivity index (χ0) is 18.1. The van der Waals surface area contributed by atoms with Gasteiger partial charge in [0.1, 0.15) is 0 Å². The van der Waals surface area contributed by atoms with Crippen LogP contribution in [0, 0.1) is 5.82 Å². The second-order valence-electron chi connectivity index (χ2n) is 5.06. The molecule has 0 fully saturated rings. The monoisotopic (exact) mass is 362 g/mol. The lowest BCUT2D eigenvalue weighted by molar-refractivity contribution is -0.138. The number of carbonyl (C=O) groups is 2. The summed E-state index contributed by atoms with van der Waals surface area (Å²) in [5, 5.41) is -0.0368. The van der Waals surface area contributed by atoms with E-state index in [9.17, 15) is 14.0 Å². The van der Waals surface area contributed by atoms with Crippen molar-refractivity contribution in [2.45, 2.75) is 12.8 Å². The fourth-order valence-electron chi connectivity index (χ4n) is 1.99. The summed E-state index contributed by atoms with van der Waals surface area (Å²) in [6.45, 7) is 0.228. The fraction of sp³-hybridized carbons (Fsp3) is 0.158. The number of para-hydroxylation sites is 1. The maximum Gasteiger partial charge on any atom is 0.336 e. The van der Waals surface area contributed by atoms with Crippen molar-refractivity contribution in [3.05, 3.63) is 77.1 Å². The van der Waals surface area contributed by atoms with Crippen molar-refractivity contribution in [3.8, 4) is 5.75 Å². The Morgan fingerprint density at radius 3 is 2.44 bits per heavy atom. The number of aryl methyl sites for hydroxylation is 1. The molecule has 0 saturated heterocycles. The van der Waals surface area contributed by atoms with E-state index in [1.165, 1.54) is 12.1 Å². The number of hydrogen-bond acceptors (Lipinski definition) is 4. The number of benzene rings is 2. The molecule has 130 valence electrons. The van der Waals surface area contributed by atoms with Crippen molar-refractivity contribution < 1.29 is 23.5 Å². The number of rotatable bonds is 7. The molecule has 0 aliphatic carbocycles. The minimum atomic E-state index is -0.923. The van der Waals surface area contributed by atoms with Gasteiger partial charge in [-0.05, 0) is 30.5 Å². The zero-order valence-electron chi connectivity index (χ0n) is 13.3. The number of esters is 2. The Balaban J connectivity index is 1.73. The number of carbonyl (C=O) groups excluding carboxylic acids is 2. The van der Waals surface area contributed by atoms with Gasteiger partial charge in [0, 0.05) is 12.2 Å². The fourth-order valence-corrected chi connectivity index (χ4v) is 2.19. The van der Waals surface area contributed by atoms with Crippen LogP contribution in [-0.4, -0.2) is 18.5 Å². The normalized spacial score (nSPS) is 10.6. The molecule has 0 atom stereocenters. The van der Waals surface area contributed by atoms with Gasteiger partial charge in [-0.15, -0.1) is 0 Å². The van der Waals surface area contributed by atoms with E-state index >= 15 is 0 Å². The SMILES string of the molecule is O=C(/C=C/C(=O)Oc1c(F)cccc1Cl)OCCCc1ccccc1. The van der Waals surface area contributed by atoms with Gasteiger partial charge < -0.3 is 9.47 Å². The van der Waals surface area contributed by atoms with Gasteiger partial charge in [-0.2, -0.15) is 0 Å². The smallest absolute Gasteiger partial charge is 0.336 e. The highest BCUT2D eigenvalue weighted by Crippen LogP contribution is 2.27. The van der Waals surface area contributed by atoms with Crippen LogP contribution in [0.15, 0.2) is 60.7 Å². The van der Waals surface area contributed by atoms with Crippen molar-refractivity contribution in [2.24, 2.45) is 0 Å². The Morgan fingerprint density at radius 1 is 1.00 bits per heavy atom. The summed E-state index contributed by atoms with van der Waals surface area (Å²) in [4.78, 5) is 23.1. The van der Waals surface area contributed by atoms with E-state index in [2.05, 4.69) is 0 Å². The van der Waals surface area contributed by atoms with Crippen molar-refractivity contribution >= 4 is 23.5 Å². The minimum absolute atomic E-state index is 0.0368. The van der Waals surface area contributed by atoms with Crippen LogP contribution in [0.3, 0.4) is 0 Å². The molecule has 0 aliphatic rings. The van der Waals surface area contributed by atoms with Crippen LogP contribution in [0.4, 0.5) is 4.39 Å². The van der Waals surface area contributed by atoms with Crippen LogP contribution in [0.5, 0.6) is 5.75 Å². The molecule has 0 heterocycles. The standard InChI is InChI=1S/C19H16ClFO4/c20-15-9-4-10-16(21)19(15)25-18(23)12-11-17(22)24-13-5-8-14-6-2-1-3-7-14/h1-4,6-7,9-12H,5,8,13H2/b12-11+. The first-order chi connectivity index (χ1) is 12.1. The third-order valence-corrected chi connectivity index (χ3v) is 3.47. The summed E-state index contributed by atoms with van der Waals surface area (Å²) in [5.41, 5.74) is 1.15. The highest BCUT2D eigenvalue weighted by atomic mass is 35.5. The molecule has 0 aromatic heterocycles. The van der Waals surface area contributed by atoms with E-state index in [0.29, 0.717) is 6.42 Å². The lowest BCUT2D eigenvalue weighted by Crippen LogP contribution is -2.08. The lowest BCUT2D eigenvalue weighted by Gasteiger charge is -2.04. The van der Waals surface area contributed by atoms with Gasteiger partial charge >= 0.3 is 11.9 Å². The van der Waals surface area contributed by atoms with Gasteiger partial charge in [-0.25, -0.2) is 14.0 Å². The van der Waals surface area contributed by atoms with Crippen LogP contribution in [-0.2, 0) is 20.7 Å². The Kier molecular flexibility index (Phi) is 7.16. The molecule has 0 saturated carbocycles. The molecule has 6 heteroatoms. The molecule has 0 bridgehead atoms. The second kappa shape index (κ2) is 9.59. The molecule has 0 spiro atoms. The lowest BCUT2D eigenvalue weighted by atomic mass is 10.1. The average Bonchev–Trinajstić information content (AvgIpc) is 2.61. The summed E-state index contributed by atoms with van der Waals surface area (Å²) < 4.78 is 23.2. The maximum absolute atomic E-state index is 13.5. The molecule has 4 nitrogen and oxygen atoms in total. The molecule has 0 unspecified atom stereocenters. The van der Waals surface area contributed by atoms with E-state index in [1.54, 1.807) is 0 Å². The van der Waals surface area contributed by atoms with Crippen molar-refractivity contribution in [2.75, 3.05) is 6.61 Å². The number of halogens is 2. The summed E-state index contributed by atoms with van der Waals surface area (Å²) in [6, 6.07) is 13.7. The van der Waals surface area contributed by atoms with Crippen LogP contribution in [0.2, 0.25) is 5.02 Å². The molecular weight excluding hydrogens is 347 g/mol. The van der Waals surface area contributed by atoms with Crippen LogP contribution in [0.25, 0.3) is 0 Å². The van der Waals surface area contributed by atoms with Gasteiger partial charge in [-0.1, -0.05) is 48.0 Å². The molecular formula is C19H16ClFO4.